The maximum absolute atomic E-state index is 9.60. The van der Waals surface area contributed by atoms with E-state index in [0.29, 0.717) is 5.75 Å². The molecule has 3 atom stereocenters. The Morgan fingerprint density at radius 1 is 1.38 bits per heavy atom. The number of ether oxygens (including phenoxy) is 1. The number of thioether (sulfide) groups is 1. The van der Waals surface area contributed by atoms with Gasteiger partial charge in [-0.05, 0) is 28.1 Å². The summed E-state index contributed by atoms with van der Waals surface area (Å²) in [6.45, 7) is 0.225. The molecule has 1 aromatic carbocycles. The molecule has 0 spiro atoms. The van der Waals surface area contributed by atoms with E-state index in [2.05, 4.69) is 15.9 Å². The minimum atomic E-state index is -0.769. The van der Waals surface area contributed by atoms with E-state index in [4.69, 9.17) is 4.74 Å². The van der Waals surface area contributed by atoms with Crippen LogP contribution in [0.4, 0.5) is 0 Å². The van der Waals surface area contributed by atoms with Crippen LogP contribution in [0.3, 0.4) is 0 Å². The fourth-order valence-corrected chi connectivity index (χ4v) is 3.19. The Morgan fingerprint density at radius 3 is 2.75 bits per heavy atom. The van der Waals surface area contributed by atoms with Crippen molar-refractivity contribution >= 4 is 27.7 Å². The lowest BCUT2D eigenvalue weighted by Crippen LogP contribution is -2.31. The quantitative estimate of drug-likeness (QED) is 0.834. The van der Waals surface area contributed by atoms with E-state index in [1.807, 2.05) is 24.3 Å². The molecule has 0 radical (unpaired) electrons. The fraction of sp³-hybridized carbons (Fsp3) is 0.455. The van der Waals surface area contributed by atoms with Gasteiger partial charge in [-0.3, -0.25) is 0 Å². The van der Waals surface area contributed by atoms with E-state index in [9.17, 15) is 10.2 Å². The maximum atomic E-state index is 9.60. The summed E-state index contributed by atoms with van der Waals surface area (Å²) in [5.74, 6) is 0.640. The average Bonchev–Trinajstić information content (AvgIpc) is 2.59. The summed E-state index contributed by atoms with van der Waals surface area (Å²) in [5.41, 5.74) is 0. The number of hydrogen-bond acceptors (Lipinski definition) is 4. The predicted octanol–water partition coefficient (Wildman–Crippen LogP) is 1.66. The molecule has 2 N–H and O–H groups in total. The van der Waals surface area contributed by atoms with Crippen LogP contribution in [0.1, 0.15) is 0 Å². The number of aliphatic hydroxyl groups excluding tert-OH is 2. The minimum absolute atomic E-state index is 0.225. The van der Waals surface area contributed by atoms with E-state index >= 15 is 0 Å². The van der Waals surface area contributed by atoms with Gasteiger partial charge in [0.1, 0.15) is 12.2 Å². The number of rotatable bonds is 3. The van der Waals surface area contributed by atoms with Crippen LogP contribution in [0, 0.1) is 0 Å². The van der Waals surface area contributed by atoms with Gasteiger partial charge < -0.3 is 14.9 Å². The molecular weight excluding hydrogens is 292 g/mol. The molecule has 0 saturated carbocycles. The second-order valence-corrected chi connectivity index (χ2v) is 5.59. The lowest BCUT2D eigenvalue weighted by Gasteiger charge is -2.14. The predicted molar refractivity (Wildman–Crippen MR) is 66.6 cm³/mol. The van der Waals surface area contributed by atoms with Gasteiger partial charge in [0.05, 0.1) is 12.7 Å². The van der Waals surface area contributed by atoms with Crippen molar-refractivity contribution in [3.8, 4) is 0 Å². The second-order valence-electron chi connectivity index (χ2n) is 3.67. The summed E-state index contributed by atoms with van der Waals surface area (Å²) in [5, 5.41) is 18.9. The molecule has 1 fully saturated rings. The highest BCUT2D eigenvalue weighted by Gasteiger charge is 2.34. The first-order valence-corrected chi connectivity index (χ1v) is 6.81. The van der Waals surface area contributed by atoms with Crippen molar-refractivity contribution in [1.29, 1.82) is 0 Å². The summed E-state index contributed by atoms with van der Waals surface area (Å²) in [4.78, 5) is 1.11. The third-order valence-electron chi connectivity index (χ3n) is 2.50. The zero-order valence-electron chi connectivity index (χ0n) is 8.54. The molecule has 16 heavy (non-hydrogen) atoms. The minimum Gasteiger partial charge on any atom is -0.388 e. The molecule has 1 aliphatic heterocycles. The van der Waals surface area contributed by atoms with E-state index in [1.54, 1.807) is 11.8 Å². The highest BCUT2D eigenvalue weighted by molar-refractivity contribution is 9.10. The molecule has 1 heterocycles. The SMILES string of the molecule is OC1COC(CSc2ccccc2Br)C1O. The van der Waals surface area contributed by atoms with Crippen molar-refractivity contribution in [2.45, 2.75) is 23.2 Å². The van der Waals surface area contributed by atoms with Gasteiger partial charge in [0, 0.05) is 15.1 Å². The van der Waals surface area contributed by atoms with Gasteiger partial charge in [0.25, 0.3) is 0 Å². The van der Waals surface area contributed by atoms with Gasteiger partial charge in [0.15, 0.2) is 0 Å². The Bertz CT molecular complexity index is 361. The topological polar surface area (TPSA) is 49.7 Å². The molecular formula is C11H13BrO3S. The summed E-state index contributed by atoms with van der Waals surface area (Å²) in [7, 11) is 0. The molecule has 0 amide bonds. The molecule has 0 aromatic heterocycles. The van der Waals surface area contributed by atoms with Gasteiger partial charge in [-0.2, -0.15) is 0 Å². The lowest BCUT2D eigenvalue weighted by atomic mass is 10.2. The molecule has 3 nitrogen and oxygen atoms in total. The Labute approximate surface area is 107 Å². The van der Waals surface area contributed by atoms with Crippen molar-refractivity contribution in [3.05, 3.63) is 28.7 Å². The molecule has 0 bridgehead atoms. The van der Waals surface area contributed by atoms with Crippen LogP contribution in [-0.2, 0) is 4.74 Å². The molecule has 1 saturated heterocycles. The Balaban J connectivity index is 1.91. The Hall–Kier alpha value is -0.0700. The summed E-state index contributed by atoms with van der Waals surface area (Å²) < 4.78 is 6.34. The summed E-state index contributed by atoms with van der Waals surface area (Å²) >= 11 is 5.07. The standard InChI is InChI=1S/C11H13BrO3S/c12-7-3-1-2-4-10(7)16-6-9-11(14)8(13)5-15-9/h1-4,8-9,11,13-14H,5-6H2. The lowest BCUT2D eigenvalue weighted by molar-refractivity contribution is 0.0337. The van der Waals surface area contributed by atoms with Crippen molar-refractivity contribution in [1.82, 2.24) is 0 Å². The van der Waals surface area contributed by atoms with Gasteiger partial charge >= 0.3 is 0 Å². The zero-order valence-corrected chi connectivity index (χ0v) is 10.9. The number of aliphatic hydroxyl groups is 2. The van der Waals surface area contributed by atoms with Crippen molar-refractivity contribution in [3.63, 3.8) is 0 Å². The third-order valence-corrected chi connectivity index (χ3v) is 4.61. The van der Waals surface area contributed by atoms with Crippen LogP contribution in [0.25, 0.3) is 0 Å². The van der Waals surface area contributed by atoms with Crippen LogP contribution in [-0.4, -0.2) is 40.9 Å². The second kappa shape index (κ2) is 5.51. The number of hydrogen-bond donors (Lipinski definition) is 2. The monoisotopic (exact) mass is 304 g/mol. The molecule has 1 aliphatic rings. The Kier molecular flexibility index (Phi) is 4.27. The van der Waals surface area contributed by atoms with Gasteiger partial charge in [-0.1, -0.05) is 12.1 Å². The van der Waals surface area contributed by atoms with E-state index < -0.39 is 12.2 Å². The molecule has 5 heteroatoms. The molecule has 1 aromatic rings. The Morgan fingerprint density at radius 2 is 2.12 bits per heavy atom. The highest BCUT2D eigenvalue weighted by Crippen LogP contribution is 2.29. The number of benzene rings is 1. The summed E-state index contributed by atoms with van der Waals surface area (Å²) in [6, 6.07) is 7.91. The van der Waals surface area contributed by atoms with Crippen molar-refractivity contribution < 1.29 is 14.9 Å². The van der Waals surface area contributed by atoms with Gasteiger partial charge in [0.2, 0.25) is 0 Å². The number of halogens is 1. The molecule has 3 unspecified atom stereocenters. The van der Waals surface area contributed by atoms with Crippen LogP contribution < -0.4 is 0 Å². The summed E-state index contributed by atoms with van der Waals surface area (Å²) in [6.07, 6.45) is -1.80. The first kappa shape index (κ1) is 12.4. The molecule has 0 aliphatic carbocycles. The zero-order chi connectivity index (χ0) is 11.5. The highest BCUT2D eigenvalue weighted by atomic mass is 79.9. The van der Waals surface area contributed by atoms with Crippen LogP contribution in [0.2, 0.25) is 0 Å². The van der Waals surface area contributed by atoms with E-state index in [-0.39, 0.29) is 12.7 Å². The maximum Gasteiger partial charge on any atom is 0.109 e. The smallest absolute Gasteiger partial charge is 0.109 e. The van der Waals surface area contributed by atoms with Crippen molar-refractivity contribution in [2.24, 2.45) is 0 Å². The average molecular weight is 305 g/mol. The van der Waals surface area contributed by atoms with E-state index in [1.165, 1.54) is 0 Å². The van der Waals surface area contributed by atoms with Gasteiger partial charge in [-0.15, -0.1) is 11.8 Å². The fourth-order valence-electron chi connectivity index (χ4n) is 1.55. The van der Waals surface area contributed by atoms with Gasteiger partial charge in [-0.25, -0.2) is 0 Å². The van der Waals surface area contributed by atoms with E-state index in [0.717, 1.165) is 9.37 Å². The van der Waals surface area contributed by atoms with Crippen LogP contribution >= 0.6 is 27.7 Å². The molecule has 88 valence electrons. The van der Waals surface area contributed by atoms with Crippen LogP contribution in [0.5, 0.6) is 0 Å². The third kappa shape index (κ3) is 2.78. The molecule has 2 rings (SSSR count). The normalized spacial score (nSPS) is 29.6. The van der Waals surface area contributed by atoms with Crippen molar-refractivity contribution in [2.75, 3.05) is 12.4 Å². The largest absolute Gasteiger partial charge is 0.388 e. The first-order chi connectivity index (χ1) is 7.68. The van der Waals surface area contributed by atoms with Crippen LogP contribution in [0.15, 0.2) is 33.6 Å². The first-order valence-electron chi connectivity index (χ1n) is 5.03.